The molecule has 2 heterocycles. The molecule has 0 unspecified atom stereocenters. The number of nitrogens with zero attached hydrogens (tertiary/aromatic N) is 2. The molecule has 0 radical (unpaired) electrons. The van der Waals surface area contributed by atoms with Crippen molar-refractivity contribution in [3.05, 3.63) is 28.8 Å². The van der Waals surface area contributed by atoms with Gasteiger partial charge in [0.05, 0.1) is 0 Å². The molecule has 0 saturated heterocycles. The first-order chi connectivity index (χ1) is 13.5. The van der Waals surface area contributed by atoms with Crippen LogP contribution in [0.25, 0.3) is 0 Å². The largest absolute Gasteiger partial charge is 0.444 e. The van der Waals surface area contributed by atoms with Crippen LogP contribution in [0, 0.1) is 0 Å². The summed E-state index contributed by atoms with van der Waals surface area (Å²) in [5.41, 5.74) is 3.94. The fourth-order valence-electron chi connectivity index (χ4n) is 4.27. The van der Waals surface area contributed by atoms with Crippen molar-refractivity contribution < 1.29 is 19.1 Å². The van der Waals surface area contributed by atoms with Gasteiger partial charge in [0.25, 0.3) is 5.91 Å². The lowest BCUT2D eigenvalue weighted by Gasteiger charge is -2.44. The predicted octanol–water partition coefficient (Wildman–Crippen LogP) is 3.73. The van der Waals surface area contributed by atoms with Gasteiger partial charge in [0.2, 0.25) is 0 Å². The fourth-order valence-corrected chi connectivity index (χ4v) is 4.27. The smallest absolute Gasteiger partial charge is 0.410 e. The molecule has 0 atom stereocenters. The molecule has 6 heteroatoms. The minimum Gasteiger partial charge on any atom is -0.444 e. The van der Waals surface area contributed by atoms with Gasteiger partial charge in [-0.3, -0.25) is 4.79 Å². The average Bonchev–Trinajstić information content (AvgIpc) is 2.80. The van der Waals surface area contributed by atoms with Crippen molar-refractivity contribution in [3.8, 4) is 0 Å². The topological polar surface area (TPSA) is 59.1 Å². The molecule has 2 aliphatic rings. The number of benzene rings is 1. The van der Waals surface area contributed by atoms with Crippen LogP contribution in [0.3, 0.4) is 0 Å². The Morgan fingerprint density at radius 1 is 1.03 bits per heavy atom. The van der Waals surface area contributed by atoms with Gasteiger partial charge in [-0.1, -0.05) is 6.07 Å². The molecule has 6 nitrogen and oxygen atoms in total. The number of ether oxygens (including phenoxy) is 2. The van der Waals surface area contributed by atoms with Crippen molar-refractivity contribution in [1.29, 1.82) is 0 Å². The van der Waals surface area contributed by atoms with Gasteiger partial charge in [-0.15, -0.1) is 0 Å². The summed E-state index contributed by atoms with van der Waals surface area (Å²) in [6.07, 6.45) is 3.17. The van der Waals surface area contributed by atoms with Gasteiger partial charge in [0.15, 0.2) is 0 Å². The van der Waals surface area contributed by atoms with E-state index in [-0.39, 0.29) is 24.1 Å². The summed E-state index contributed by atoms with van der Waals surface area (Å²) in [5.74, 6) is -0.0117. The van der Waals surface area contributed by atoms with Gasteiger partial charge >= 0.3 is 6.09 Å². The molecule has 0 bridgehead atoms. The van der Waals surface area contributed by atoms with E-state index in [4.69, 9.17) is 9.47 Å². The van der Waals surface area contributed by atoms with Crippen molar-refractivity contribution in [3.63, 3.8) is 0 Å². The van der Waals surface area contributed by atoms with Crippen molar-refractivity contribution in [2.24, 2.45) is 0 Å². The number of carbonyl (C=O) groups excluding carboxylic acids is 2. The second-order valence-corrected chi connectivity index (χ2v) is 9.69. The third-order valence-corrected chi connectivity index (χ3v) is 5.72. The van der Waals surface area contributed by atoms with Gasteiger partial charge in [-0.2, -0.15) is 0 Å². The molecule has 1 aromatic rings. The van der Waals surface area contributed by atoms with Gasteiger partial charge in [0.1, 0.15) is 12.2 Å². The SMILES string of the molecule is COCC(=O)N1c2cc3c(cc2CCC1(C)C)CCN(C(=O)OC(C)(C)C)CC3. The lowest BCUT2D eigenvalue weighted by Crippen LogP contribution is -2.52. The molecule has 0 N–H and O–H groups in total. The highest BCUT2D eigenvalue weighted by molar-refractivity contribution is 5.97. The second-order valence-electron chi connectivity index (χ2n) is 9.69. The van der Waals surface area contributed by atoms with E-state index in [0.717, 1.165) is 31.4 Å². The van der Waals surface area contributed by atoms with E-state index in [1.807, 2.05) is 25.7 Å². The molecular formula is C23H34N2O4. The quantitative estimate of drug-likeness (QED) is 0.756. The lowest BCUT2D eigenvalue weighted by atomic mass is 9.84. The standard InChI is InChI=1S/C23H34N2O4/c1-22(2,3)29-21(27)24-11-8-16-13-18-7-10-23(4,5)25(20(26)15-28-6)19(18)14-17(16)9-12-24/h13-14H,7-12,15H2,1-6H3. The summed E-state index contributed by atoms with van der Waals surface area (Å²) in [5, 5.41) is 0. The summed E-state index contributed by atoms with van der Waals surface area (Å²) in [7, 11) is 1.55. The lowest BCUT2D eigenvalue weighted by molar-refractivity contribution is -0.123. The van der Waals surface area contributed by atoms with Gasteiger partial charge in [-0.25, -0.2) is 4.79 Å². The number of rotatable bonds is 2. The maximum absolute atomic E-state index is 12.8. The zero-order chi connectivity index (χ0) is 21.4. The summed E-state index contributed by atoms with van der Waals surface area (Å²) in [4.78, 5) is 29.0. The Hall–Kier alpha value is -2.08. The van der Waals surface area contributed by atoms with E-state index in [1.54, 1.807) is 12.0 Å². The van der Waals surface area contributed by atoms with Crippen molar-refractivity contribution in [2.75, 3.05) is 31.7 Å². The highest BCUT2D eigenvalue weighted by Crippen LogP contribution is 2.39. The van der Waals surface area contributed by atoms with E-state index < -0.39 is 5.60 Å². The average molecular weight is 403 g/mol. The van der Waals surface area contributed by atoms with Crippen molar-refractivity contribution >= 4 is 17.7 Å². The minimum absolute atomic E-state index is 0.0117. The molecule has 2 aliphatic heterocycles. The fraction of sp³-hybridized carbons (Fsp3) is 0.652. The Morgan fingerprint density at radius 2 is 1.66 bits per heavy atom. The Bertz CT molecular complexity index is 795. The molecule has 0 aliphatic carbocycles. The summed E-state index contributed by atoms with van der Waals surface area (Å²) in [6.45, 7) is 11.2. The summed E-state index contributed by atoms with van der Waals surface area (Å²) < 4.78 is 10.7. The Kier molecular flexibility index (Phi) is 5.95. The Balaban J connectivity index is 1.87. The predicted molar refractivity (Wildman–Crippen MR) is 113 cm³/mol. The van der Waals surface area contributed by atoms with Crippen LogP contribution < -0.4 is 4.90 Å². The van der Waals surface area contributed by atoms with E-state index in [0.29, 0.717) is 13.1 Å². The molecule has 0 aromatic heterocycles. The number of anilines is 1. The molecule has 3 rings (SSSR count). The Labute approximate surface area is 174 Å². The highest BCUT2D eigenvalue weighted by Gasteiger charge is 2.37. The first-order valence-electron chi connectivity index (χ1n) is 10.5. The molecule has 160 valence electrons. The van der Waals surface area contributed by atoms with Gasteiger partial charge in [-0.05, 0) is 83.1 Å². The van der Waals surface area contributed by atoms with E-state index in [2.05, 4.69) is 26.0 Å². The summed E-state index contributed by atoms with van der Waals surface area (Å²) in [6, 6.07) is 4.41. The van der Waals surface area contributed by atoms with Crippen LogP contribution in [-0.4, -0.2) is 54.8 Å². The number of amides is 2. The third-order valence-electron chi connectivity index (χ3n) is 5.72. The molecule has 1 aromatic carbocycles. The zero-order valence-corrected chi connectivity index (χ0v) is 18.6. The zero-order valence-electron chi connectivity index (χ0n) is 18.6. The van der Waals surface area contributed by atoms with Crippen LogP contribution in [0.4, 0.5) is 10.5 Å². The third kappa shape index (κ3) is 4.74. The van der Waals surface area contributed by atoms with Crippen LogP contribution in [0.15, 0.2) is 12.1 Å². The first-order valence-corrected chi connectivity index (χ1v) is 10.5. The molecule has 0 saturated carbocycles. The number of methoxy groups -OCH3 is 1. The maximum atomic E-state index is 12.8. The molecule has 2 amide bonds. The number of hydrogen-bond acceptors (Lipinski definition) is 4. The normalized spacial score (nSPS) is 18.6. The number of hydrogen-bond donors (Lipinski definition) is 0. The first kappa shape index (κ1) is 21.6. The van der Waals surface area contributed by atoms with E-state index in [1.165, 1.54) is 16.7 Å². The molecule has 0 spiro atoms. The number of fused-ring (bicyclic) bond motifs is 2. The molecule has 0 fully saturated rings. The number of aryl methyl sites for hydroxylation is 1. The monoisotopic (exact) mass is 402 g/mol. The van der Waals surface area contributed by atoms with Crippen LogP contribution in [-0.2, 0) is 33.5 Å². The maximum Gasteiger partial charge on any atom is 0.410 e. The minimum atomic E-state index is -0.497. The van der Waals surface area contributed by atoms with Crippen molar-refractivity contribution in [2.45, 2.75) is 71.4 Å². The Morgan fingerprint density at radius 3 is 2.24 bits per heavy atom. The van der Waals surface area contributed by atoms with Gasteiger partial charge < -0.3 is 19.3 Å². The van der Waals surface area contributed by atoms with Crippen LogP contribution >= 0.6 is 0 Å². The highest BCUT2D eigenvalue weighted by atomic mass is 16.6. The van der Waals surface area contributed by atoms with Crippen LogP contribution in [0.1, 0.15) is 57.7 Å². The second kappa shape index (κ2) is 7.98. The van der Waals surface area contributed by atoms with E-state index in [9.17, 15) is 9.59 Å². The van der Waals surface area contributed by atoms with Crippen LogP contribution in [0.2, 0.25) is 0 Å². The van der Waals surface area contributed by atoms with E-state index >= 15 is 0 Å². The van der Waals surface area contributed by atoms with Crippen LogP contribution in [0.5, 0.6) is 0 Å². The molecule has 29 heavy (non-hydrogen) atoms. The molecular weight excluding hydrogens is 368 g/mol. The van der Waals surface area contributed by atoms with Gasteiger partial charge in [0, 0.05) is 31.4 Å². The summed E-state index contributed by atoms with van der Waals surface area (Å²) >= 11 is 0. The number of carbonyl (C=O) groups is 2. The van der Waals surface area contributed by atoms with Crippen molar-refractivity contribution in [1.82, 2.24) is 4.90 Å².